The molecule has 1 aromatic heterocycles. The van der Waals surface area contributed by atoms with Gasteiger partial charge in [-0.2, -0.15) is 0 Å². The second kappa shape index (κ2) is 23.1. The van der Waals surface area contributed by atoms with Gasteiger partial charge >= 0.3 is 5.97 Å². The highest BCUT2D eigenvalue weighted by molar-refractivity contribution is 6.32. The van der Waals surface area contributed by atoms with E-state index in [1.54, 1.807) is 39.8 Å². The fraction of sp³-hybridized carbons (Fsp3) is 0.848. The fourth-order valence-electron chi connectivity index (χ4n) is 9.82. The lowest BCUT2D eigenvalue weighted by Crippen LogP contribution is -2.60. The third-order valence-corrected chi connectivity index (χ3v) is 13.9. The van der Waals surface area contributed by atoms with E-state index >= 15 is 0 Å². The van der Waals surface area contributed by atoms with Crippen molar-refractivity contribution in [3.8, 4) is 0 Å². The third-order valence-electron chi connectivity index (χ3n) is 13.6. The van der Waals surface area contributed by atoms with E-state index in [0.717, 1.165) is 0 Å². The van der Waals surface area contributed by atoms with Crippen LogP contribution in [-0.2, 0) is 33.2 Å². The molecule has 3 aliphatic heterocycles. The molecule has 63 heavy (non-hydrogen) atoms. The molecule has 362 valence electrons. The van der Waals surface area contributed by atoms with Crippen molar-refractivity contribution in [2.75, 3.05) is 40.8 Å². The van der Waals surface area contributed by atoms with Crippen LogP contribution in [-0.4, -0.2) is 173 Å². The number of hydrogen-bond donors (Lipinski definition) is 5. The van der Waals surface area contributed by atoms with Crippen LogP contribution in [0, 0.1) is 23.7 Å². The van der Waals surface area contributed by atoms with Gasteiger partial charge in [0, 0.05) is 50.3 Å². The predicted octanol–water partition coefficient (Wildman–Crippen LogP) is 4.02. The molecular weight excluding hydrogens is 836 g/mol. The molecule has 0 saturated carbocycles. The molecule has 3 fully saturated rings. The number of pyridine rings is 1. The number of nitrogens with one attached hydrogen (secondary N) is 1. The van der Waals surface area contributed by atoms with E-state index in [2.05, 4.69) is 15.2 Å². The van der Waals surface area contributed by atoms with Gasteiger partial charge in [0.05, 0.1) is 47.6 Å². The van der Waals surface area contributed by atoms with Crippen LogP contribution in [0.1, 0.15) is 112 Å². The molecule has 0 bridgehead atoms. The molecule has 16 nitrogen and oxygen atoms in total. The summed E-state index contributed by atoms with van der Waals surface area (Å²) in [6.45, 7) is 19.0. The monoisotopic (exact) mass is 915 g/mol. The molecule has 5 N–H and O–H groups in total. The van der Waals surface area contributed by atoms with E-state index in [-0.39, 0.29) is 60.1 Å². The van der Waals surface area contributed by atoms with Crippen LogP contribution in [0.25, 0.3) is 0 Å². The number of cyclic esters (lactones) is 1. The Bertz CT molecular complexity index is 1600. The lowest BCUT2D eigenvalue weighted by atomic mass is 9.77. The molecule has 0 spiro atoms. The average Bonchev–Trinajstić information content (AvgIpc) is 3.21. The van der Waals surface area contributed by atoms with E-state index in [1.165, 1.54) is 13.1 Å². The Morgan fingerprint density at radius 1 is 1.05 bits per heavy atom. The number of aliphatic hydroxyl groups is 4. The van der Waals surface area contributed by atoms with Crippen molar-refractivity contribution in [3.05, 3.63) is 29.0 Å². The second-order valence-electron chi connectivity index (χ2n) is 19.5. The van der Waals surface area contributed by atoms with E-state index < -0.39 is 90.4 Å². The summed E-state index contributed by atoms with van der Waals surface area (Å²) in [4.78, 5) is 35.2. The molecule has 1 aromatic rings. The maximum Gasteiger partial charge on any atom is 0.311 e. The number of nitrogens with zero attached hydrogens (tertiary/aromatic N) is 3. The maximum absolute atomic E-state index is 14.4. The molecule has 1 amide bonds. The molecule has 0 radical (unpaired) electrons. The first-order valence-corrected chi connectivity index (χ1v) is 23.3. The molecule has 17 heteroatoms. The predicted molar refractivity (Wildman–Crippen MR) is 238 cm³/mol. The van der Waals surface area contributed by atoms with E-state index in [9.17, 15) is 30.0 Å². The highest BCUT2D eigenvalue weighted by Crippen LogP contribution is 2.39. The number of hydrogen-bond acceptors (Lipinski definition) is 15. The zero-order valence-electron chi connectivity index (χ0n) is 39.9. The highest BCUT2D eigenvalue weighted by Gasteiger charge is 2.52. The van der Waals surface area contributed by atoms with Crippen molar-refractivity contribution in [2.24, 2.45) is 23.7 Å². The largest absolute Gasteiger partial charge is 0.459 e. The van der Waals surface area contributed by atoms with Crippen molar-refractivity contribution in [1.29, 1.82) is 0 Å². The number of amides is 1. The number of aliphatic hydroxyl groups excluding tert-OH is 2. The Labute approximate surface area is 380 Å². The summed E-state index contributed by atoms with van der Waals surface area (Å²) in [7, 11) is 5.79. The minimum Gasteiger partial charge on any atom is -0.459 e. The van der Waals surface area contributed by atoms with Crippen LogP contribution in [0.2, 0.25) is 5.15 Å². The van der Waals surface area contributed by atoms with Gasteiger partial charge in [0.15, 0.2) is 12.6 Å². The van der Waals surface area contributed by atoms with E-state index in [4.69, 9.17) is 40.0 Å². The number of esters is 1. The number of likely N-dealkylation sites (N-methyl/N-ethyl adjacent to an activating group) is 2. The van der Waals surface area contributed by atoms with Crippen molar-refractivity contribution < 1.29 is 58.4 Å². The summed E-state index contributed by atoms with van der Waals surface area (Å²) in [5.74, 6) is -3.05. The molecule has 4 rings (SSSR count). The first-order valence-electron chi connectivity index (χ1n) is 22.9. The van der Waals surface area contributed by atoms with Crippen molar-refractivity contribution >= 4 is 23.5 Å². The normalized spacial score (nSPS) is 41.7. The van der Waals surface area contributed by atoms with E-state index in [1.807, 2.05) is 60.7 Å². The Morgan fingerprint density at radius 2 is 1.73 bits per heavy atom. The van der Waals surface area contributed by atoms with Gasteiger partial charge in [-0.1, -0.05) is 39.3 Å². The summed E-state index contributed by atoms with van der Waals surface area (Å²) >= 11 is 6.14. The van der Waals surface area contributed by atoms with Crippen LogP contribution in [0.4, 0.5) is 0 Å². The number of halogens is 1. The Kier molecular flexibility index (Phi) is 19.6. The molecular formula is C46H79ClN4O12. The number of carbonyl (C=O) groups is 2. The summed E-state index contributed by atoms with van der Waals surface area (Å²) in [6.07, 6.45) is -4.87. The second-order valence-corrected chi connectivity index (χ2v) is 19.9. The van der Waals surface area contributed by atoms with Gasteiger partial charge in [-0.05, 0) is 112 Å². The maximum atomic E-state index is 14.4. The number of ether oxygens (including phenoxy) is 6. The molecule has 3 saturated heterocycles. The van der Waals surface area contributed by atoms with Gasteiger partial charge in [-0.3, -0.25) is 9.59 Å². The first kappa shape index (κ1) is 53.6. The highest BCUT2D eigenvalue weighted by atomic mass is 35.5. The quantitative estimate of drug-likeness (QED) is 0.114. The van der Waals surface area contributed by atoms with Gasteiger partial charge in [0.1, 0.15) is 29.1 Å². The van der Waals surface area contributed by atoms with Gasteiger partial charge in [0.25, 0.3) is 5.91 Å². The zero-order valence-corrected chi connectivity index (χ0v) is 40.7. The standard InChI is InChI=1S/C46H79ClN4O12/c1-14-34-46(10,57)39(53)30(7)51(13)24-25(2)23-45(9,56)40(28(5)37(29(6)43(55)61-34)62-35-21-26(3)36(52)31(8)60-35)63-44-38(33(50(11)12)22-27(4)59-44)58-20-16-19-49-42(54)32-17-15-18-48-41(32)47/h15,17-18,25-31,33-40,44,52-53,56-57H,14,16,19-24H2,1-13H3,(H,49,54). The van der Waals surface area contributed by atoms with Crippen LogP contribution in [0.3, 0.4) is 0 Å². The first-order chi connectivity index (χ1) is 29.4. The Morgan fingerprint density at radius 3 is 2.35 bits per heavy atom. The minimum absolute atomic E-state index is 0.119. The number of carbonyl (C=O) groups excluding carboxylic acids is 2. The van der Waals surface area contributed by atoms with E-state index in [0.29, 0.717) is 32.4 Å². The summed E-state index contributed by atoms with van der Waals surface area (Å²) in [6, 6.07) is 2.55. The van der Waals surface area contributed by atoms with Gasteiger partial charge < -0.3 is 64.0 Å². The van der Waals surface area contributed by atoms with Gasteiger partial charge in [-0.15, -0.1) is 0 Å². The molecule has 0 aromatic carbocycles. The minimum atomic E-state index is -1.81. The number of rotatable bonds is 12. The molecule has 4 heterocycles. The lowest BCUT2D eigenvalue weighted by molar-refractivity contribution is -0.314. The fourth-order valence-corrected chi connectivity index (χ4v) is 10.0. The van der Waals surface area contributed by atoms with Crippen LogP contribution < -0.4 is 5.32 Å². The van der Waals surface area contributed by atoms with Gasteiger partial charge in [-0.25, -0.2) is 4.98 Å². The summed E-state index contributed by atoms with van der Waals surface area (Å²) < 4.78 is 39.4. The van der Waals surface area contributed by atoms with Gasteiger partial charge in [0.2, 0.25) is 0 Å². The molecule has 3 aliphatic rings. The SMILES string of the molecule is CCC1OC(=O)C(C)C(OC2CC(C)C(O)C(C)O2)C(C)C(OC2OC(C)CC(N(C)C)C2OCCCNC(=O)c2cccnc2Cl)C(C)(O)CC(C)CN(C)C(C)C(O)C1(C)O. The van der Waals surface area contributed by atoms with Crippen LogP contribution >= 0.6 is 11.6 Å². The summed E-state index contributed by atoms with van der Waals surface area (Å²) in [5, 5.41) is 50.0. The summed E-state index contributed by atoms with van der Waals surface area (Å²) in [5.41, 5.74) is -3.09. The smallest absolute Gasteiger partial charge is 0.311 e. The lowest BCUT2D eigenvalue weighted by Gasteiger charge is -2.48. The third kappa shape index (κ3) is 13.5. The average molecular weight is 916 g/mol. The van der Waals surface area contributed by atoms with Crippen molar-refractivity contribution in [2.45, 2.75) is 186 Å². The number of aromatic nitrogens is 1. The van der Waals surface area contributed by atoms with Crippen molar-refractivity contribution in [1.82, 2.24) is 20.1 Å². The Balaban J connectivity index is 1.73. The zero-order chi connectivity index (χ0) is 47.1. The molecule has 18 atom stereocenters. The topological polar surface area (TPSA) is 202 Å². The Hall–Kier alpha value is -2.06. The molecule has 18 unspecified atom stereocenters. The van der Waals surface area contributed by atoms with Crippen molar-refractivity contribution in [3.63, 3.8) is 0 Å². The molecule has 0 aliphatic carbocycles. The van der Waals surface area contributed by atoms with Crippen LogP contribution in [0.15, 0.2) is 18.3 Å². The van der Waals surface area contributed by atoms with Crippen LogP contribution in [0.5, 0.6) is 0 Å².